The van der Waals surface area contributed by atoms with E-state index in [1.165, 1.54) is 22.4 Å². The Labute approximate surface area is 117 Å². The highest BCUT2D eigenvalue weighted by atomic mass is 32.1. The fourth-order valence-corrected chi connectivity index (χ4v) is 3.19. The van der Waals surface area contributed by atoms with E-state index in [0.29, 0.717) is 0 Å². The molecule has 3 nitrogen and oxygen atoms in total. The average Bonchev–Trinajstić information content (AvgIpc) is 3.08. The summed E-state index contributed by atoms with van der Waals surface area (Å²) in [5.74, 6) is 0. The minimum atomic E-state index is 0.802. The van der Waals surface area contributed by atoms with Crippen molar-refractivity contribution in [3.8, 4) is 0 Å². The van der Waals surface area contributed by atoms with Gasteiger partial charge in [0.15, 0.2) is 0 Å². The second kappa shape index (κ2) is 5.13. The maximum atomic E-state index is 4.65. The molecule has 4 heteroatoms. The zero-order valence-electron chi connectivity index (χ0n) is 11.2. The van der Waals surface area contributed by atoms with E-state index in [1.807, 2.05) is 0 Å². The molecular formula is C15H17N3S. The summed E-state index contributed by atoms with van der Waals surface area (Å²) < 4.78 is 0. The zero-order valence-corrected chi connectivity index (χ0v) is 12.0. The summed E-state index contributed by atoms with van der Waals surface area (Å²) in [7, 11) is 0. The van der Waals surface area contributed by atoms with Crippen LogP contribution in [-0.4, -0.2) is 22.5 Å². The van der Waals surface area contributed by atoms with Crippen LogP contribution in [0.25, 0.3) is 5.57 Å². The van der Waals surface area contributed by atoms with Crippen LogP contribution in [0.2, 0.25) is 0 Å². The number of rotatable bonds is 3. The lowest BCUT2D eigenvalue weighted by molar-refractivity contribution is 0.953. The van der Waals surface area contributed by atoms with Crippen molar-refractivity contribution in [3.63, 3.8) is 0 Å². The Morgan fingerprint density at radius 2 is 2.32 bits per heavy atom. The minimum Gasteiger partial charge on any atom is -0.285 e. The van der Waals surface area contributed by atoms with Gasteiger partial charge in [-0.3, -0.25) is 10.1 Å². The molecule has 2 aromatic heterocycles. The molecule has 0 atom stereocenters. The number of hydrogen-bond acceptors (Lipinski definition) is 3. The van der Waals surface area contributed by atoms with Crippen molar-refractivity contribution in [2.75, 3.05) is 6.54 Å². The summed E-state index contributed by atoms with van der Waals surface area (Å²) in [6, 6.07) is 2.17. The molecule has 3 rings (SSSR count). The summed E-state index contributed by atoms with van der Waals surface area (Å²) in [5, 5.41) is 11.9. The van der Waals surface area contributed by atoms with E-state index in [2.05, 4.69) is 51.9 Å². The van der Waals surface area contributed by atoms with Gasteiger partial charge in [0, 0.05) is 24.2 Å². The monoisotopic (exact) mass is 271 g/mol. The minimum absolute atomic E-state index is 0.802. The Bertz CT molecular complexity index is 632. The number of fused-ring (bicyclic) bond motifs is 1. The zero-order chi connectivity index (χ0) is 13.2. The molecule has 2 heterocycles. The smallest absolute Gasteiger partial charge is 0.0716 e. The predicted molar refractivity (Wildman–Crippen MR) is 81.0 cm³/mol. The molecular weight excluding hydrogens is 254 g/mol. The molecule has 1 N–H and O–H groups in total. The number of thiophene rings is 1. The standard InChI is InChI=1S/C15H17N3S/c1-3-12-15-13(16-4-2)7-11(8-14(15)18-17-12)10-5-6-19-9-10/h5-7,9H,3-4,8H2,1-2H3,(H,17,18). The van der Waals surface area contributed by atoms with Crippen molar-refractivity contribution >= 4 is 22.6 Å². The molecule has 2 aromatic rings. The number of aromatic amines is 1. The summed E-state index contributed by atoms with van der Waals surface area (Å²) in [6.07, 6.45) is 4.08. The van der Waals surface area contributed by atoms with Gasteiger partial charge in [-0.2, -0.15) is 16.4 Å². The van der Waals surface area contributed by atoms with E-state index < -0.39 is 0 Å². The van der Waals surface area contributed by atoms with Crippen molar-refractivity contribution in [2.45, 2.75) is 26.7 Å². The summed E-state index contributed by atoms with van der Waals surface area (Å²) >= 11 is 1.73. The van der Waals surface area contributed by atoms with Crippen LogP contribution < -0.4 is 0 Å². The number of nitrogens with zero attached hydrogens (tertiary/aromatic N) is 2. The maximum Gasteiger partial charge on any atom is 0.0716 e. The molecule has 0 fully saturated rings. The van der Waals surface area contributed by atoms with Gasteiger partial charge in [-0.05, 0) is 47.4 Å². The van der Waals surface area contributed by atoms with Crippen LogP contribution in [0.1, 0.15) is 36.4 Å². The fourth-order valence-electron chi connectivity index (χ4n) is 2.51. The van der Waals surface area contributed by atoms with Crippen LogP contribution in [0.4, 0.5) is 0 Å². The Hall–Kier alpha value is -1.68. The van der Waals surface area contributed by atoms with E-state index in [4.69, 9.17) is 0 Å². The number of aliphatic imine (C=N–C) groups is 1. The lowest BCUT2D eigenvalue weighted by Crippen LogP contribution is -2.11. The lowest BCUT2D eigenvalue weighted by atomic mass is 9.90. The van der Waals surface area contributed by atoms with Crippen LogP contribution in [0, 0.1) is 0 Å². The topological polar surface area (TPSA) is 41.0 Å². The van der Waals surface area contributed by atoms with Crippen LogP contribution in [0.15, 0.2) is 27.9 Å². The van der Waals surface area contributed by atoms with E-state index in [1.54, 1.807) is 11.3 Å². The molecule has 0 saturated carbocycles. The summed E-state index contributed by atoms with van der Waals surface area (Å²) in [4.78, 5) is 4.65. The van der Waals surface area contributed by atoms with Crippen molar-refractivity contribution in [3.05, 3.63) is 45.4 Å². The van der Waals surface area contributed by atoms with Gasteiger partial charge in [-0.15, -0.1) is 0 Å². The molecule has 98 valence electrons. The third kappa shape index (κ3) is 2.16. The average molecular weight is 271 g/mol. The maximum absolute atomic E-state index is 4.65. The number of H-pyrrole nitrogens is 1. The second-order valence-electron chi connectivity index (χ2n) is 4.60. The van der Waals surface area contributed by atoms with E-state index in [9.17, 15) is 0 Å². The first kappa shape index (κ1) is 12.4. The molecule has 0 bridgehead atoms. The largest absolute Gasteiger partial charge is 0.285 e. The SMILES string of the molecule is CCN=C1C=C(c2ccsc2)Cc2[nH]nc(CC)c21. The van der Waals surface area contributed by atoms with Gasteiger partial charge in [0.05, 0.1) is 11.4 Å². The molecule has 0 aliphatic heterocycles. The third-order valence-corrected chi connectivity index (χ3v) is 4.09. The lowest BCUT2D eigenvalue weighted by Gasteiger charge is -2.15. The van der Waals surface area contributed by atoms with E-state index in [-0.39, 0.29) is 0 Å². The number of aryl methyl sites for hydroxylation is 1. The highest BCUT2D eigenvalue weighted by Gasteiger charge is 2.22. The molecule has 1 aliphatic rings. The molecule has 0 aromatic carbocycles. The van der Waals surface area contributed by atoms with Crippen LogP contribution in [-0.2, 0) is 12.8 Å². The molecule has 0 saturated heterocycles. The fraction of sp³-hybridized carbons (Fsp3) is 0.333. The Morgan fingerprint density at radius 1 is 1.42 bits per heavy atom. The van der Waals surface area contributed by atoms with Crippen molar-refractivity contribution < 1.29 is 0 Å². The highest BCUT2D eigenvalue weighted by Crippen LogP contribution is 2.29. The van der Waals surface area contributed by atoms with Gasteiger partial charge < -0.3 is 0 Å². The first-order chi connectivity index (χ1) is 9.33. The second-order valence-corrected chi connectivity index (χ2v) is 5.38. The number of aromatic nitrogens is 2. The van der Waals surface area contributed by atoms with Gasteiger partial charge in [-0.1, -0.05) is 6.92 Å². The molecule has 19 heavy (non-hydrogen) atoms. The normalized spacial score (nSPS) is 16.5. The molecule has 0 spiro atoms. The molecule has 0 radical (unpaired) electrons. The van der Waals surface area contributed by atoms with Gasteiger partial charge in [0.2, 0.25) is 0 Å². The summed E-state index contributed by atoms with van der Waals surface area (Å²) in [6.45, 7) is 5.01. The molecule has 1 aliphatic carbocycles. The van der Waals surface area contributed by atoms with Crippen molar-refractivity contribution in [1.29, 1.82) is 0 Å². The number of nitrogens with one attached hydrogen (secondary N) is 1. The van der Waals surface area contributed by atoms with Crippen LogP contribution in [0.3, 0.4) is 0 Å². The predicted octanol–water partition coefficient (Wildman–Crippen LogP) is 3.48. The Kier molecular flexibility index (Phi) is 3.34. The summed E-state index contributed by atoms with van der Waals surface area (Å²) in [5.41, 5.74) is 7.26. The molecule has 0 unspecified atom stereocenters. The van der Waals surface area contributed by atoms with Crippen molar-refractivity contribution in [2.24, 2.45) is 4.99 Å². The van der Waals surface area contributed by atoms with E-state index >= 15 is 0 Å². The Balaban J connectivity index is 2.09. The van der Waals surface area contributed by atoms with Gasteiger partial charge in [0.25, 0.3) is 0 Å². The van der Waals surface area contributed by atoms with Gasteiger partial charge in [-0.25, -0.2) is 0 Å². The number of allylic oxidation sites excluding steroid dienone is 2. The van der Waals surface area contributed by atoms with Gasteiger partial charge in [0.1, 0.15) is 0 Å². The van der Waals surface area contributed by atoms with Gasteiger partial charge >= 0.3 is 0 Å². The van der Waals surface area contributed by atoms with Crippen LogP contribution >= 0.6 is 11.3 Å². The van der Waals surface area contributed by atoms with E-state index in [0.717, 1.165) is 30.8 Å². The van der Waals surface area contributed by atoms with Crippen molar-refractivity contribution in [1.82, 2.24) is 10.2 Å². The Morgan fingerprint density at radius 3 is 3.00 bits per heavy atom. The highest BCUT2D eigenvalue weighted by molar-refractivity contribution is 7.08. The van der Waals surface area contributed by atoms with Crippen LogP contribution in [0.5, 0.6) is 0 Å². The molecule has 0 amide bonds. The third-order valence-electron chi connectivity index (χ3n) is 3.41. The quantitative estimate of drug-likeness (QED) is 0.912. The first-order valence-corrected chi connectivity index (χ1v) is 7.61. The first-order valence-electron chi connectivity index (χ1n) is 6.67. The number of hydrogen-bond donors (Lipinski definition) is 1.